The first kappa shape index (κ1) is 13.9. The average molecular weight is 281 g/mol. The zero-order valence-corrected chi connectivity index (χ0v) is 10.9. The molecule has 0 fully saturated rings. The van der Waals surface area contributed by atoms with E-state index in [4.69, 9.17) is 5.73 Å². The number of H-pyrrole nitrogens is 1. The van der Waals surface area contributed by atoms with Gasteiger partial charge in [0.05, 0.1) is 6.04 Å². The van der Waals surface area contributed by atoms with Crippen LogP contribution in [0.15, 0.2) is 18.2 Å². The number of nitrogens with one attached hydrogen (secondary N) is 1. The summed E-state index contributed by atoms with van der Waals surface area (Å²) in [5, 5.41) is 5.96. The fourth-order valence-electron chi connectivity index (χ4n) is 1.71. The number of rotatable bonds is 3. The van der Waals surface area contributed by atoms with Crippen molar-refractivity contribution in [2.45, 2.75) is 13.0 Å². The smallest absolute Gasteiger partial charge is 0.291 e. The lowest BCUT2D eigenvalue weighted by Gasteiger charge is -2.24. The molecule has 0 aliphatic heterocycles. The Labute approximate surface area is 113 Å². The average Bonchev–Trinajstić information content (AvgIpc) is 2.86. The number of carbonyl (C=O) groups excluding carboxylic acids is 1. The number of hydrogen-bond acceptors (Lipinski definition) is 4. The number of benzene rings is 1. The molecule has 1 heterocycles. The molecule has 6 nitrogen and oxygen atoms in total. The molecule has 1 aromatic carbocycles. The summed E-state index contributed by atoms with van der Waals surface area (Å²) in [6.07, 6.45) is 0. The minimum atomic E-state index is -0.959. The maximum Gasteiger partial charge on any atom is 0.291 e. The van der Waals surface area contributed by atoms with Crippen LogP contribution < -0.4 is 5.73 Å². The highest BCUT2D eigenvalue weighted by molar-refractivity contribution is 5.90. The second kappa shape index (κ2) is 5.24. The number of nitrogens with zero attached hydrogens (tertiary/aromatic N) is 3. The number of nitrogen functional groups attached to an aromatic ring is 1. The summed E-state index contributed by atoms with van der Waals surface area (Å²) in [6, 6.07) is 3.02. The van der Waals surface area contributed by atoms with Gasteiger partial charge in [-0.15, -0.1) is 5.10 Å². The third-order valence-electron chi connectivity index (χ3n) is 3.03. The Hall–Kier alpha value is -2.51. The number of halogens is 2. The molecule has 1 aromatic heterocycles. The maximum atomic E-state index is 13.2. The van der Waals surface area contributed by atoms with Crippen molar-refractivity contribution in [2.75, 3.05) is 12.8 Å². The van der Waals surface area contributed by atoms with Gasteiger partial charge in [-0.05, 0) is 24.6 Å². The molecular weight excluding hydrogens is 268 g/mol. The molecule has 0 bridgehead atoms. The first-order chi connectivity index (χ1) is 9.40. The number of amides is 1. The van der Waals surface area contributed by atoms with Crippen LogP contribution in [0.5, 0.6) is 0 Å². The van der Waals surface area contributed by atoms with Crippen molar-refractivity contribution < 1.29 is 13.6 Å². The summed E-state index contributed by atoms with van der Waals surface area (Å²) in [5.74, 6) is -2.40. The molecule has 0 aliphatic carbocycles. The molecule has 3 N–H and O–H groups in total. The summed E-state index contributed by atoms with van der Waals surface area (Å²) >= 11 is 0. The number of carbonyl (C=O) groups is 1. The van der Waals surface area contributed by atoms with Crippen molar-refractivity contribution >= 4 is 11.9 Å². The lowest BCUT2D eigenvalue weighted by atomic mass is 10.1. The van der Waals surface area contributed by atoms with Crippen molar-refractivity contribution in [3.05, 3.63) is 41.2 Å². The zero-order chi connectivity index (χ0) is 14.9. The Kier molecular flexibility index (Phi) is 3.64. The molecule has 106 valence electrons. The fourth-order valence-corrected chi connectivity index (χ4v) is 1.71. The summed E-state index contributed by atoms with van der Waals surface area (Å²) in [4.78, 5) is 17.1. The Morgan fingerprint density at radius 1 is 1.40 bits per heavy atom. The van der Waals surface area contributed by atoms with Gasteiger partial charge < -0.3 is 10.6 Å². The van der Waals surface area contributed by atoms with E-state index in [1.54, 1.807) is 6.92 Å². The third-order valence-corrected chi connectivity index (χ3v) is 3.03. The first-order valence-corrected chi connectivity index (χ1v) is 5.80. The van der Waals surface area contributed by atoms with E-state index in [2.05, 4.69) is 15.2 Å². The minimum absolute atomic E-state index is 0.0144. The zero-order valence-electron chi connectivity index (χ0n) is 10.9. The van der Waals surface area contributed by atoms with Gasteiger partial charge in [0, 0.05) is 7.05 Å². The van der Waals surface area contributed by atoms with Crippen molar-refractivity contribution in [1.82, 2.24) is 20.1 Å². The van der Waals surface area contributed by atoms with Crippen LogP contribution in [-0.2, 0) is 0 Å². The van der Waals surface area contributed by atoms with Gasteiger partial charge in [-0.3, -0.25) is 9.89 Å². The fraction of sp³-hybridized carbons (Fsp3) is 0.250. The molecule has 0 saturated carbocycles. The van der Waals surface area contributed by atoms with Gasteiger partial charge in [0.1, 0.15) is 0 Å². The van der Waals surface area contributed by atoms with Crippen LogP contribution in [-0.4, -0.2) is 33.0 Å². The highest BCUT2D eigenvalue weighted by Gasteiger charge is 2.22. The van der Waals surface area contributed by atoms with Gasteiger partial charge in [0.2, 0.25) is 11.8 Å². The summed E-state index contributed by atoms with van der Waals surface area (Å²) in [5.41, 5.74) is 5.79. The van der Waals surface area contributed by atoms with Crippen LogP contribution in [0.1, 0.15) is 29.1 Å². The van der Waals surface area contributed by atoms with Crippen LogP contribution in [0, 0.1) is 11.6 Å². The van der Waals surface area contributed by atoms with E-state index in [9.17, 15) is 13.6 Å². The topological polar surface area (TPSA) is 87.9 Å². The Morgan fingerprint density at radius 3 is 2.65 bits per heavy atom. The molecule has 2 rings (SSSR count). The van der Waals surface area contributed by atoms with Gasteiger partial charge in [-0.1, -0.05) is 6.07 Å². The Morgan fingerprint density at radius 2 is 2.10 bits per heavy atom. The number of aromatic nitrogens is 3. The van der Waals surface area contributed by atoms with Crippen molar-refractivity contribution in [2.24, 2.45) is 0 Å². The summed E-state index contributed by atoms with van der Waals surface area (Å²) < 4.78 is 26.1. The SMILES string of the molecule is CC(c1ccc(F)c(F)c1)N(C)C(=O)c1nc(N)n[nH]1. The van der Waals surface area contributed by atoms with Gasteiger partial charge in [-0.2, -0.15) is 4.98 Å². The monoisotopic (exact) mass is 281 g/mol. The molecule has 0 saturated heterocycles. The quantitative estimate of drug-likeness (QED) is 0.892. The largest absolute Gasteiger partial charge is 0.366 e. The predicted octanol–water partition coefficient (Wildman–Crippen LogP) is 1.50. The Balaban J connectivity index is 2.21. The summed E-state index contributed by atoms with van der Waals surface area (Å²) in [7, 11) is 1.52. The van der Waals surface area contributed by atoms with Crippen molar-refractivity contribution in [3.8, 4) is 0 Å². The number of aromatic amines is 1. The van der Waals surface area contributed by atoms with Crippen LogP contribution in [0.25, 0.3) is 0 Å². The Bertz CT molecular complexity index is 643. The highest BCUT2D eigenvalue weighted by atomic mass is 19.2. The van der Waals surface area contributed by atoms with E-state index in [-0.39, 0.29) is 11.8 Å². The number of nitrogens with two attached hydrogens (primary N) is 1. The third kappa shape index (κ3) is 2.58. The second-order valence-corrected chi connectivity index (χ2v) is 4.31. The number of anilines is 1. The van der Waals surface area contributed by atoms with Crippen LogP contribution >= 0.6 is 0 Å². The minimum Gasteiger partial charge on any atom is -0.366 e. The van der Waals surface area contributed by atoms with E-state index < -0.39 is 23.6 Å². The first-order valence-electron chi connectivity index (χ1n) is 5.80. The van der Waals surface area contributed by atoms with Crippen LogP contribution in [0.4, 0.5) is 14.7 Å². The van der Waals surface area contributed by atoms with E-state index >= 15 is 0 Å². The van der Waals surface area contributed by atoms with E-state index in [1.165, 1.54) is 18.0 Å². The van der Waals surface area contributed by atoms with Crippen LogP contribution in [0.3, 0.4) is 0 Å². The van der Waals surface area contributed by atoms with E-state index in [0.29, 0.717) is 5.56 Å². The van der Waals surface area contributed by atoms with E-state index in [0.717, 1.165) is 12.1 Å². The second-order valence-electron chi connectivity index (χ2n) is 4.31. The lowest BCUT2D eigenvalue weighted by molar-refractivity contribution is 0.0730. The highest BCUT2D eigenvalue weighted by Crippen LogP contribution is 2.21. The van der Waals surface area contributed by atoms with E-state index in [1.807, 2.05) is 0 Å². The molecule has 0 radical (unpaired) electrons. The molecule has 8 heteroatoms. The van der Waals surface area contributed by atoms with Gasteiger partial charge in [-0.25, -0.2) is 8.78 Å². The molecular formula is C12H13F2N5O. The van der Waals surface area contributed by atoms with Gasteiger partial charge in [0.25, 0.3) is 5.91 Å². The standard InChI is InChI=1S/C12H13F2N5O/c1-6(7-3-4-8(13)9(14)5-7)19(2)11(20)10-16-12(15)18-17-10/h3-6H,1-2H3,(H3,15,16,17,18). The molecule has 2 aromatic rings. The van der Waals surface area contributed by atoms with Crippen LogP contribution in [0.2, 0.25) is 0 Å². The van der Waals surface area contributed by atoms with Gasteiger partial charge in [0.15, 0.2) is 11.6 Å². The molecule has 0 spiro atoms. The van der Waals surface area contributed by atoms with Gasteiger partial charge >= 0.3 is 0 Å². The number of hydrogen-bond donors (Lipinski definition) is 2. The lowest BCUT2D eigenvalue weighted by Crippen LogP contribution is -2.30. The molecule has 1 atom stereocenters. The molecule has 20 heavy (non-hydrogen) atoms. The van der Waals surface area contributed by atoms with Crippen molar-refractivity contribution in [3.63, 3.8) is 0 Å². The van der Waals surface area contributed by atoms with Crippen molar-refractivity contribution in [1.29, 1.82) is 0 Å². The predicted molar refractivity (Wildman–Crippen MR) is 67.7 cm³/mol. The normalized spacial score (nSPS) is 12.2. The molecule has 0 aliphatic rings. The molecule has 1 unspecified atom stereocenters. The summed E-state index contributed by atoms with van der Waals surface area (Å²) in [6.45, 7) is 1.68. The molecule has 1 amide bonds. The maximum absolute atomic E-state index is 13.2.